The van der Waals surface area contributed by atoms with Crippen molar-refractivity contribution in [3.8, 4) is 28.7 Å². The van der Waals surface area contributed by atoms with Crippen LogP contribution in [0.1, 0.15) is 83.0 Å². The molecule has 4 atom stereocenters. The van der Waals surface area contributed by atoms with Crippen molar-refractivity contribution in [1.82, 2.24) is 0 Å². The Balaban J connectivity index is 0.000000473. The van der Waals surface area contributed by atoms with E-state index in [2.05, 4.69) is 125 Å². The summed E-state index contributed by atoms with van der Waals surface area (Å²) in [4.78, 5) is 0. The van der Waals surface area contributed by atoms with Crippen molar-refractivity contribution in [2.24, 2.45) is 0 Å². The van der Waals surface area contributed by atoms with Gasteiger partial charge in [-0.05, 0) is 70.5 Å². The second kappa shape index (κ2) is 22.1. The first-order valence-corrected chi connectivity index (χ1v) is 20.2. The molecule has 4 unspecified atom stereocenters. The molecule has 0 amide bonds. The van der Waals surface area contributed by atoms with E-state index in [1.165, 1.54) is 29.4 Å². The number of hydrogen-bond acceptors (Lipinski definition) is 6. The maximum Gasteiger partial charge on any atom is 0.161 e. The van der Waals surface area contributed by atoms with Gasteiger partial charge in [-0.3, -0.25) is 0 Å². The molecule has 6 heteroatoms. The van der Waals surface area contributed by atoms with Gasteiger partial charge >= 0.3 is 0 Å². The number of phenolic OH excluding ortho intramolecular Hbond substituents is 1. The minimum Gasteiger partial charge on any atom is -0.504 e. The normalized spacial score (nSPS) is 12.8. The van der Waals surface area contributed by atoms with Gasteiger partial charge in [-0.1, -0.05) is 148 Å². The monoisotopic (exact) mass is 790 g/mol. The summed E-state index contributed by atoms with van der Waals surface area (Å²) in [6.45, 7) is 14.3. The van der Waals surface area contributed by atoms with Gasteiger partial charge in [0.05, 0.1) is 14.2 Å². The van der Waals surface area contributed by atoms with Crippen molar-refractivity contribution in [1.29, 1.82) is 0 Å². The van der Waals surface area contributed by atoms with Crippen LogP contribution >= 0.6 is 0 Å². The summed E-state index contributed by atoms with van der Waals surface area (Å²) in [6.07, 6.45) is 4.33. The SMILES string of the molecule is C=CCc1ccc(O)c(OC)c1.C=CCc1ccc(OCC(O)COc2c(C(C)c3ccccc3)cc(C(C)c3ccccc3)cc2C(C)c2ccccc2)c(OC)c1. The van der Waals surface area contributed by atoms with Crippen LogP contribution in [0.5, 0.6) is 28.7 Å². The predicted octanol–water partition coefficient (Wildman–Crippen LogP) is 11.8. The van der Waals surface area contributed by atoms with E-state index in [1.807, 2.05) is 48.6 Å². The van der Waals surface area contributed by atoms with Gasteiger partial charge in [0.1, 0.15) is 25.1 Å². The number of aliphatic hydroxyl groups is 1. The Bertz CT molecular complexity index is 2150. The number of allylic oxidation sites excluding steroid dienone is 2. The number of rotatable bonds is 18. The number of aliphatic hydroxyl groups excluding tert-OH is 1. The molecule has 0 aliphatic heterocycles. The average molecular weight is 791 g/mol. The zero-order valence-corrected chi connectivity index (χ0v) is 35.0. The van der Waals surface area contributed by atoms with E-state index >= 15 is 0 Å². The molecule has 0 saturated heterocycles. The minimum atomic E-state index is -0.866. The van der Waals surface area contributed by atoms with Crippen molar-refractivity contribution in [2.45, 2.75) is 57.5 Å². The Hall–Kier alpha value is -6.24. The Kier molecular flexibility index (Phi) is 16.4. The number of benzene rings is 6. The molecule has 59 heavy (non-hydrogen) atoms. The van der Waals surface area contributed by atoms with E-state index in [0.717, 1.165) is 40.8 Å². The lowest BCUT2D eigenvalue weighted by Gasteiger charge is -2.27. The van der Waals surface area contributed by atoms with Crippen LogP contribution in [0, 0.1) is 0 Å². The van der Waals surface area contributed by atoms with Crippen molar-refractivity contribution < 1.29 is 29.2 Å². The highest BCUT2D eigenvalue weighted by molar-refractivity contribution is 5.54. The molecule has 0 aromatic heterocycles. The van der Waals surface area contributed by atoms with Crippen LogP contribution in [0.2, 0.25) is 0 Å². The van der Waals surface area contributed by atoms with Crippen LogP contribution in [-0.2, 0) is 12.8 Å². The molecule has 0 aliphatic rings. The molecule has 6 rings (SSSR count). The van der Waals surface area contributed by atoms with E-state index in [0.29, 0.717) is 17.2 Å². The Labute approximate surface area is 351 Å². The van der Waals surface area contributed by atoms with Gasteiger partial charge < -0.3 is 29.2 Å². The van der Waals surface area contributed by atoms with Gasteiger partial charge in [0.2, 0.25) is 0 Å². The van der Waals surface area contributed by atoms with Gasteiger partial charge in [0.15, 0.2) is 23.0 Å². The lowest BCUT2D eigenvalue weighted by molar-refractivity contribution is 0.0609. The zero-order valence-electron chi connectivity index (χ0n) is 35.0. The molecule has 306 valence electrons. The summed E-state index contributed by atoms with van der Waals surface area (Å²) in [5.74, 6) is 2.99. The third-order valence-electron chi connectivity index (χ3n) is 10.6. The number of methoxy groups -OCH3 is 2. The first kappa shape index (κ1) is 43.9. The van der Waals surface area contributed by atoms with Gasteiger partial charge in [0, 0.05) is 28.9 Å². The van der Waals surface area contributed by atoms with E-state index in [-0.39, 0.29) is 36.7 Å². The molecule has 0 aliphatic carbocycles. The molecular formula is C53H58O6. The smallest absolute Gasteiger partial charge is 0.161 e. The van der Waals surface area contributed by atoms with Gasteiger partial charge in [-0.15, -0.1) is 13.2 Å². The third kappa shape index (κ3) is 11.9. The minimum absolute atomic E-state index is 0.0579. The van der Waals surface area contributed by atoms with Crippen molar-refractivity contribution in [3.63, 3.8) is 0 Å². The average Bonchev–Trinajstić information content (AvgIpc) is 3.28. The second-order valence-corrected chi connectivity index (χ2v) is 14.7. The van der Waals surface area contributed by atoms with Crippen LogP contribution in [0.3, 0.4) is 0 Å². The van der Waals surface area contributed by atoms with Crippen LogP contribution in [-0.4, -0.2) is 43.8 Å². The summed E-state index contributed by atoms with van der Waals surface area (Å²) in [6, 6.07) is 47.3. The molecule has 0 bridgehead atoms. The van der Waals surface area contributed by atoms with Gasteiger partial charge in [-0.25, -0.2) is 0 Å². The lowest BCUT2D eigenvalue weighted by atomic mass is 9.81. The highest BCUT2D eigenvalue weighted by Gasteiger charge is 2.25. The molecule has 0 fully saturated rings. The van der Waals surface area contributed by atoms with Gasteiger partial charge in [0.25, 0.3) is 0 Å². The summed E-state index contributed by atoms with van der Waals surface area (Å²) in [5.41, 5.74) is 9.27. The molecule has 6 nitrogen and oxygen atoms in total. The maximum absolute atomic E-state index is 11.2. The predicted molar refractivity (Wildman–Crippen MR) is 241 cm³/mol. The highest BCUT2D eigenvalue weighted by atomic mass is 16.5. The van der Waals surface area contributed by atoms with E-state index in [1.54, 1.807) is 19.2 Å². The van der Waals surface area contributed by atoms with Crippen LogP contribution in [0.25, 0.3) is 0 Å². The number of hydrogen-bond donors (Lipinski definition) is 2. The van der Waals surface area contributed by atoms with E-state index < -0.39 is 6.10 Å². The number of aromatic hydroxyl groups is 1. The van der Waals surface area contributed by atoms with Crippen molar-refractivity contribution in [3.05, 3.63) is 209 Å². The molecule has 2 N–H and O–H groups in total. The first-order chi connectivity index (χ1) is 28.7. The lowest BCUT2D eigenvalue weighted by Crippen LogP contribution is -2.26. The van der Waals surface area contributed by atoms with Crippen molar-refractivity contribution >= 4 is 0 Å². The van der Waals surface area contributed by atoms with Crippen LogP contribution in [0.4, 0.5) is 0 Å². The highest BCUT2D eigenvalue weighted by Crippen LogP contribution is 2.43. The molecule has 0 radical (unpaired) electrons. The Morgan fingerprint density at radius 2 is 0.949 bits per heavy atom. The molecule has 6 aromatic carbocycles. The molecule has 0 saturated carbocycles. The Morgan fingerprint density at radius 1 is 0.508 bits per heavy atom. The summed E-state index contributed by atoms with van der Waals surface area (Å²) in [5, 5.41) is 20.4. The van der Waals surface area contributed by atoms with E-state index in [9.17, 15) is 10.2 Å². The summed E-state index contributed by atoms with van der Waals surface area (Å²) in [7, 11) is 3.15. The molecule has 6 aromatic rings. The molecule has 0 spiro atoms. The molecule has 0 heterocycles. The fourth-order valence-corrected chi connectivity index (χ4v) is 7.09. The standard InChI is InChI=1S/C43H46O4.C10H12O2/c1-6-16-33-23-24-41(42(25-33)45-5)46-28-38(44)29-47-43-39(31(3)35-19-12-8-13-20-35)26-37(30(2)34-17-10-7-11-18-34)27-40(43)32(4)36-21-14-9-15-22-36;1-3-4-8-5-6-9(11)10(7-8)12-2/h6-15,17-27,30-32,38,44H,1,16,28-29H2,2-5H3;3,5-7,11H,1,4H2,2H3. The summed E-state index contributed by atoms with van der Waals surface area (Å²) >= 11 is 0. The van der Waals surface area contributed by atoms with Crippen LogP contribution < -0.4 is 18.9 Å². The quantitative estimate of drug-likeness (QED) is 0.0845. The second-order valence-electron chi connectivity index (χ2n) is 14.7. The number of ether oxygens (including phenoxy) is 4. The molecular weight excluding hydrogens is 733 g/mol. The maximum atomic E-state index is 11.2. The largest absolute Gasteiger partial charge is 0.504 e. The van der Waals surface area contributed by atoms with Gasteiger partial charge in [-0.2, -0.15) is 0 Å². The number of phenols is 1. The fourth-order valence-electron chi connectivity index (χ4n) is 7.09. The third-order valence-corrected chi connectivity index (χ3v) is 10.6. The summed E-state index contributed by atoms with van der Waals surface area (Å²) < 4.78 is 23.2. The van der Waals surface area contributed by atoms with Crippen LogP contribution in [0.15, 0.2) is 165 Å². The first-order valence-electron chi connectivity index (χ1n) is 20.2. The fraction of sp³-hybridized carbons (Fsp3) is 0.245. The van der Waals surface area contributed by atoms with Crippen molar-refractivity contribution in [2.75, 3.05) is 27.4 Å². The van der Waals surface area contributed by atoms with E-state index in [4.69, 9.17) is 18.9 Å². The zero-order chi connectivity index (χ0) is 42.1. The Morgan fingerprint density at radius 3 is 1.42 bits per heavy atom. The topological polar surface area (TPSA) is 77.4 Å².